The molecule has 0 spiro atoms. The van der Waals surface area contributed by atoms with Crippen molar-refractivity contribution in [1.82, 2.24) is 0 Å². The summed E-state index contributed by atoms with van der Waals surface area (Å²) in [5, 5.41) is 2.88. The Kier molecular flexibility index (Phi) is 5.62. The first-order chi connectivity index (χ1) is 14.0. The SMILES string of the molecule is O=C(CC1CCCC1)Nc1ccc(NS(=O)(=O)c2ccc3c(c2)OCCO3)cc1. The predicted molar refractivity (Wildman–Crippen MR) is 110 cm³/mol. The predicted octanol–water partition coefficient (Wildman–Crippen LogP) is 3.78. The zero-order valence-corrected chi connectivity index (χ0v) is 16.8. The maximum Gasteiger partial charge on any atom is 0.262 e. The van der Waals surface area contributed by atoms with E-state index in [1.165, 1.54) is 25.0 Å². The van der Waals surface area contributed by atoms with Gasteiger partial charge < -0.3 is 14.8 Å². The average molecular weight is 416 g/mol. The Morgan fingerprint density at radius 3 is 2.31 bits per heavy atom. The van der Waals surface area contributed by atoms with Crippen LogP contribution in [0.1, 0.15) is 32.1 Å². The fourth-order valence-corrected chi connectivity index (χ4v) is 4.79. The van der Waals surface area contributed by atoms with Gasteiger partial charge in [0.2, 0.25) is 5.91 Å². The number of nitrogens with one attached hydrogen (secondary N) is 2. The lowest BCUT2D eigenvalue weighted by molar-refractivity contribution is -0.117. The Labute approximate surface area is 170 Å². The average Bonchev–Trinajstić information content (AvgIpc) is 3.22. The number of rotatable bonds is 6. The van der Waals surface area contributed by atoms with Gasteiger partial charge in [-0.15, -0.1) is 0 Å². The minimum atomic E-state index is -3.77. The molecule has 0 bridgehead atoms. The minimum absolute atomic E-state index is 0.00140. The molecule has 1 aliphatic heterocycles. The topological polar surface area (TPSA) is 93.7 Å². The van der Waals surface area contributed by atoms with Crippen molar-refractivity contribution >= 4 is 27.3 Å². The molecule has 0 saturated heterocycles. The third-order valence-corrected chi connectivity index (χ3v) is 6.57. The Morgan fingerprint density at radius 1 is 0.931 bits per heavy atom. The number of carbonyl (C=O) groups is 1. The molecule has 2 aromatic rings. The second-order valence-electron chi connectivity index (χ2n) is 7.39. The zero-order valence-electron chi connectivity index (χ0n) is 16.0. The molecule has 4 rings (SSSR count). The summed E-state index contributed by atoms with van der Waals surface area (Å²) in [7, 11) is -3.77. The first-order valence-corrected chi connectivity index (χ1v) is 11.3. The first-order valence-electron chi connectivity index (χ1n) is 9.82. The smallest absolute Gasteiger partial charge is 0.262 e. The summed E-state index contributed by atoms with van der Waals surface area (Å²) in [6.07, 6.45) is 5.19. The number of anilines is 2. The molecule has 7 nitrogen and oxygen atoms in total. The van der Waals surface area contributed by atoms with E-state index in [2.05, 4.69) is 10.0 Å². The van der Waals surface area contributed by atoms with E-state index in [1.54, 1.807) is 30.3 Å². The van der Waals surface area contributed by atoms with Gasteiger partial charge in [0.15, 0.2) is 11.5 Å². The molecule has 2 aliphatic rings. The van der Waals surface area contributed by atoms with E-state index in [-0.39, 0.29) is 10.8 Å². The molecule has 0 unspecified atom stereocenters. The molecule has 0 aromatic heterocycles. The number of hydrogen-bond acceptors (Lipinski definition) is 5. The highest BCUT2D eigenvalue weighted by molar-refractivity contribution is 7.92. The molecule has 29 heavy (non-hydrogen) atoms. The van der Waals surface area contributed by atoms with Gasteiger partial charge in [-0.2, -0.15) is 0 Å². The summed E-state index contributed by atoms with van der Waals surface area (Å²) in [6.45, 7) is 0.832. The van der Waals surface area contributed by atoms with Crippen molar-refractivity contribution in [3.8, 4) is 11.5 Å². The van der Waals surface area contributed by atoms with Crippen LogP contribution in [0, 0.1) is 5.92 Å². The number of hydrogen-bond donors (Lipinski definition) is 2. The molecule has 154 valence electrons. The van der Waals surface area contributed by atoms with Crippen LogP contribution in [0.25, 0.3) is 0 Å². The van der Waals surface area contributed by atoms with Gasteiger partial charge in [-0.3, -0.25) is 9.52 Å². The highest BCUT2D eigenvalue weighted by Crippen LogP contribution is 2.33. The second kappa shape index (κ2) is 8.32. The van der Waals surface area contributed by atoms with Gasteiger partial charge in [0, 0.05) is 23.9 Å². The second-order valence-corrected chi connectivity index (χ2v) is 9.07. The number of benzene rings is 2. The summed E-state index contributed by atoms with van der Waals surface area (Å²) >= 11 is 0. The van der Waals surface area contributed by atoms with Crippen molar-refractivity contribution in [2.45, 2.75) is 37.0 Å². The Morgan fingerprint density at radius 2 is 1.59 bits per heavy atom. The number of sulfonamides is 1. The molecular weight excluding hydrogens is 392 g/mol. The van der Waals surface area contributed by atoms with Crippen molar-refractivity contribution in [2.24, 2.45) is 5.92 Å². The third kappa shape index (κ3) is 4.82. The number of carbonyl (C=O) groups excluding carboxylic acids is 1. The van der Waals surface area contributed by atoms with Gasteiger partial charge in [-0.25, -0.2) is 8.42 Å². The van der Waals surface area contributed by atoms with E-state index >= 15 is 0 Å². The molecular formula is C21H24N2O5S. The van der Waals surface area contributed by atoms with Gasteiger partial charge in [0.1, 0.15) is 13.2 Å². The zero-order chi connectivity index (χ0) is 20.3. The Bertz CT molecular complexity index is 983. The molecule has 1 fully saturated rings. The summed E-state index contributed by atoms with van der Waals surface area (Å²) in [4.78, 5) is 12.2. The monoisotopic (exact) mass is 416 g/mol. The lowest BCUT2D eigenvalue weighted by atomic mass is 10.0. The van der Waals surface area contributed by atoms with Gasteiger partial charge in [-0.05, 0) is 55.2 Å². The number of ether oxygens (including phenoxy) is 2. The molecule has 0 atom stereocenters. The van der Waals surface area contributed by atoms with Crippen LogP contribution in [0.5, 0.6) is 11.5 Å². The van der Waals surface area contributed by atoms with E-state index < -0.39 is 10.0 Å². The minimum Gasteiger partial charge on any atom is -0.486 e. The molecule has 8 heteroatoms. The Balaban J connectivity index is 1.39. The van der Waals surface area contributed by atoms with Gasteiger partial charge in [-0.1, -0.05) is 12.8 Å². The normalized spacial score (nSPS) is 16.4. The third-order valence-electron chi connectivity index (χ3n) is 5.19. The molecule has 1 saturated carbocycles. The van der Waals surface area contributed by atoms with E-state index in [0.29, 0.717) is 48.4 Å². The lowest BCUT2D eigenvalue weighted by Gasteiger charge is -2.19. The van der Waals surface area contributed by atoms with Crippen molar-refractivity contribution in [3.05, 3.63) is 42.5 Å². The molecule has 2 N–H and O–H groups in total. The summed E-state index contributed by atoms with van der Waals surface area (Å²) in [6, 6.07) is 11.2. The van der Waals surface area contributed by atoms with E-state index in [4.69, 9.17) is 9.47 Å². The van der Waals surface area contributed by atoms with Crippen LogP contribution in [-0.2, 0) is 14.8 Å². The van der Waals surface area contributed by atoms with Crippen molar-refractivity contribution in [3.63, 3.8) is 0 Å². The van der Waals surface area contributed by atoms with E-state index in [0.717, 1.165) is 12.8 Å². The van der Waals surface area contributed by atoms with E-state index in [1.807, 2.05) is 0 Å². The molecule has 2 aromatic carbocycles. The Hall–Kier alpha value is -2.74. The largest absolute Gasteiger partial charge is 0.486 e. The van der Waals surface area contributed by atoms with Crippen LogP contribution in [0.2, 0.25) is 0 Å². The standard InChI is InChI=1S/C21H24N2O5S/c24-21(13-15-3-1-2-4-15)22-16-5-7-17(8-6-16)23-29(25,26)18-9-10-19-20(14-18)28-12-11-27-19/h5-10,14-15,23H,1-4,11-13H2,(H,22,24). The quantitative estimate of drug-likeness (QED) is 0.748. The van der Waals surface area contributed by atoms with Crippen LogP contribution in [-0.4, -0.2) is 27.5 Å². The fourth-order valence-electron chi connectivity index (χ4n) is 3.72. The molecule has 1 aliphatic carbocycles. The highest BCUT2D eigenvalue weighted by atomic mass is 32.2. The van der Waals surface area contributed by atoms with Gasteiger partial charge in [0.25, 0.3) is 10.0 Å². The molecule has 0 radical (unpaired) electrons. The molecule has 1 heterocycles. The first kappa shape index (κ1) is 19.6. The van der Waals surface area contributed by atoms with E-state index in [9.17, 15) is 13.2 Å². The van der Waals surface area contributed by atoms with Crippen molar-refractivity contribution in [1.29, 1.82) is 0 Å². The van der Waals surface area contributed by atoms with Gasteiger partial charge >= 0.3 is 0 Å². The van der Waals surface area contributed by atoms with Crippen LogP contribution in [0.4, 0.5) is 11.4 Å². The van der Waals surface area contributed by atoms with Crippen LogP contribution in [0.3, 0.4) is 0 Å². The van der Waals surface area contributed by atoms with Crippen LogP contribution in [0.15, 0.2) is 47.4 Å². The van der Waals surface area contributed by atoms with Crippen molar-refractivity contribution in [2.75, 3.05) is 23.3 Å². The van der Waals surface area contributed by atoms with Crippen molar-refractivity contribution < 1.29 is 22.7 Å². The summed E-state index contributed by atoms with van der Waals surface area (Å²) in [5.41, 5.74) is 1.06. The van der Waals surface area contributed by atoms with Crippen LogP contribution < -0.4 is 19.5 Å². The maximum atomic E-state index is 12.7. The summed E-state index contributed by atoms with van der Waals surface area (Å²) < 4.78 is 38.7. The summed E-state index contributed by atoms with van der Waals surface area (Å²) in [5.74, 6) is 1.43. The lowest BCUT2D eigenvalue weighted by Crippen LogP contribution is -2.17. The van der Waals surface area contributed by atoms with Gasteiger partial charge in [0.05, 0.1) is 4.90 Å². The molecule has 1 amide bonds. The maximum absolute atomic E-state index is 12.7. The van der Waals surface area contributed by atoms with Crippen LogP contribution >= 0.6 is 0 Å². The number of amides is 1. The number of fused-ring (bicyclic) bond motifs is 1. The fraction of sp³-hybridized carbons (Fsp3) is 0.381. The highest BCUT2D eigenvalue weighted by Gasteiger charge is 2.20.